The van der Waals surface area contributed by atoms with E-state index in [1.807, 2.05) is 104 Å². The number of nitrogens with one attached hydrogen (secondary N) is 7. The lowest BCUT2D eigenvalue weighted by Crippen LogP contribution is -2.41. The number of aromatic amines is 2. The van der Waals surface area contributed by atoms with Crippen LogP contribution in [0, 0.1) is 41.9 Å². The molecule has 0 bridgehead atoms. The van der Waals surface area contributed by atoms with Crippen LogP contribution in [0.2, 0.25) is 0 Å². The van der Waals surface area contributed by atoms with Crippen LogP contribution in [0.1, 0.15) is 194 Å². The molecule has 13 heterocycles. The number of amides is 4. The summed E-state index contributed by atoms with van der Waals surface area (Å²) in [6.07, 6.45) is 9.49. The third kappa shape index (κ3) is 24.7. The highest BCUT2D eigenvalue weighted by Crippen LogP contribution is 2.44. The molecule has 2 unspecified atom stereocenters. The Morgan fingerprint density at radius 2 is 0.965 bits per heavy atom. The molecule has 4 aliphatic heterocycles. The van der Waals surface area contributed by atoms with Gasteiger partial charge in [-0.25, -0.2) is 57.2 Å². The molecule has 4 amide bonds. The molecule has 0 aliphatic carbocycles. The molecule has 4 saturated heterocycles. The molecule has 3 aromatic carbocycles. The number of H-pyrrole nitrogens is 2. The molecular weight excluding hydrogens is 1880 g/mol. The molecule has 4 aliphatic rings. The average molecular weight is 1990 g/mol. The first-order valence-corrected chi connectivity index (χ1v) is 51.7. The largest absolute Gasteiger partial charge is 0.496 e. The molecule has 740 valence electrons. The van der Waals surface area contributed by atoms with Crippen LogP contribution in [0.15, 0.2) is 238 Å². The lowest BCUT2D eigenvalue weighted by molar-refractivity contribution is 0.0972. The Kier molecular flexibility index (Phi) is 31.4. The maximum Gasteiger partial charge on any atom is 0.281 e. The highest BCUT2D eigenvalue weighted by atomic mass is 32.2. The number of ether oxygens (including phenoxy) is 3. The van der Waals surface area contributed by atoms with Crippen molar-refractivity contribution in [1.29, 1.82) is 5.26 Å². The number of pyridine rings is 8. The standard InChI is InChI=1S/C27H32N4O4S.C25H26N6O3S.C25H28N4O5S.C24H30N6O4S/c1-18(2)20-10-6-7-12-22(20)35-23-13-8-14-24(29-23)36(33,34)30-26(32)21-11-9-15-28-25(21)31-17-19(3)16-27(31,4)5;1-17-14-25(2,3)31(16-17)23-20(9-6-12-27-23)24(32)30-35(33,34)22-11-5-10-21(29-22)28-19-8-4-7-18(13-19)15-26;1-16-14-25(2,3)29(15-16)22-18(11-12-19(27-22)17-8-5-6-9-20(17)34-4)23(30)28-35(32,33)21-10-7-13-26-24(21)31;1-6-34-20-12-15(2)11-19(26-20)18-8-7-17(22(27-18)30-14-16(3)13-24(30,4)5)23(31)29-35(32,33)21-9-10-25-28-21/h6-15,18-19H,16-17H2,1-5H3,(H,30,32);4-13,17H,14,16H2,1-3H3,(H,28,29)(H,30,32);5-13,16H,14-15H2,1-4H3,(H,26,31)(H,28,30);7-12,16H,6,13-14H2,1-5H3,(H,25,28)(H,29,31)/t;;2*16-/m..00/s1. The first-order chi connectivity index (χ1) is 66.6. The van der Waals surface area contributed by atoms with Crippen molar-refractivity contribution in [1.82, 2.24) is 69.0 Å². The van der Waals surface area contributed by atoms with Gasteiger partial charge in [-0.1, -0.05) is 90.1 Å². The Labute approximate surface area is 821 Å². The van der Waals surface area contributed by atoms with Crippen molar-refractivity contribution < 1.29 is 67.1 Å². The van der Waals surface area contributed by atoms with Gasteiger partial charge in [0.15, 0.2) is 20.0 Å². The van der Waals surface area contributed by atoms with Gasteiger partial charge in [0.2, 0.25) is 11.8 Å². The smallest absolute Gasteiger partial charge is 0.281 e. The summed E-state index contributed by atoms with van der Waals surface area (Å²) in [4.78, 5) is 106. The van der Waals surface area contributed by atoms with Crippen LogP contribution in [0.4, 0.5) is 34.8 Å². The Morgan fingerprint density at radius 3 is 1.47 bits per heavy atom. The Bertz CT molecular complexity index is 7260. The second kappa shape index (κ2) is 42.6. The number of hydrogen-bond donors (Lipinski definition) is 7. The number of hydrogen-bond acceptors (Lipinski definition) is 30. The van der Waals surface area contributed by atoms with Gasteiger partial charge in [0, 0.05) is 90.3 Å². The van der Waals surface area contributed by atoms with Gasteiger partial charge in [0.25, 0.3) is 69.3 Å². The number of methoxy groups -OCH3 is 1. The first-order valence-electron chi connectivity index (χ1n) is 45.8. The van der Waals surface area contributed by atoms with Gasteiger partial charge in [-0.15, -0.1) is 0 Å². The number of benzene rings is 3. The minimum absolute atomic E-state index is 0.0988. The fraction of sp³-hybridized carbons (Fsp3) is 0.347. The molecule has 0 saturated carbocycles. The van der Waals surface area contributed by atoms with Gasteiger partial charge in [-0.05, 0) is 263 Å². The van der Waals surface area contributed by atoms with Crippen molar-refractivity contribution in [2.75, 3.05) is 64.8 Å². The zero-order valence-electron chi connectivity index (χ0n) is 81.4. The fourth-order valence-corrected chi connectivity index (χ4v) is 22.1. The molecule has 40 heteroatoms. The van der Waals surface area contributed by atoms with E-state index in [1.165, 1.54) is 48.8 Å². The van der Waals surface area contributed by atoms with E-state index in [0.717, 1.165) is 61.5 Å². The number of carbonyl (C=O) groups is 4. The van der Waals surface area contributed by atoms with Gasteiger partial charge >= 0.3 is 0 Å². The maximum atomic E-state index is 13.3. The fourth-order valence-electron chi connectivity index (χ4n) is 18.4. The summed E-state index contributed by atoms with van der Waals surface area (Å²) in [5.74, 6) is 2.42. The molecule has 0 spiro atoms. The number of rotatable bonds is 26. The topological polar surface area (TPSA) is 481 Å². The number of sulfonamides is 4. The van der Waals surface area contributed by atoms with E-state index in [0.29, 0.717) is 112 Å². The van der Waals surface area contributed by atoms with E-state index in [9.17, 15) is 57.6 Å². The van der Waals surface area contributed by atoms with E-state index in [2.05, 4.69) is 157 Å². The van der Waals surface area contributed by atoms with Crippen LogP contribution in [0.5, 0.6) is 23.3 Å². The molecular formula is C101H116N20O16S4. The summed E-state index contributed by atoms with van der Waals surface area (Å²) in [5, 5.41) is 17.3. The predicted octanol–water partition coefficient (Wildman–Crippen LogP) is 15.5. The highest BCUT2D eigenvalue weighted by Gasteiger charge is 2.45. The summed E-state index contributed by atoms with van der Waals surface area (Å²) in [6, 6.07) is 53.0. The second-order valence-corrected chi connectivity index (χ2v) is 44.7. The lowest BCUT2D eigenvalue weighted by Gasteiger charge is -2.34. The van der Waals surface area contributed by atoms with Crippen LogP contribution < -0.4 is 63.6 Å². The Balaban J connectivity index is 0.000000158. The van der Waals surface area contributed by atoms with Crippen LogP contribution in [0.25, 0.3) is 22.6 Å². The number of nitriles is 1. The number of aryl methyl sites for hydroxylation is 1. The van der Waals surface area contributed by atoms with Gasteiger partial charge in [0.1, 0.15) is 40.6 Å². The van der Waals surface area contributed by atoms with Crippen LogP contribution >= 0.6 is 0 Å². The normalized spacial score (nSPS) is 17.2. The van der Waals surface area contributed by atoms with Gasteiger partial charge < -0.3 is 44.1 Å². The average Bonchev–Trinajstić information content (AvgIpc) is 1.63. The summed E-state index contributed by atoms with van der Waals surface area (Å²) in [6.45, 7) is 36.4. The third-order valence-corrected chi connectivity index (χ3v) is 29.3. The number of nitrogens with zero attached hydrogens (tertiary/aromatic N) is 13. The van der Waals surface area contributed by atoms with Crippen molar-refractivity contribution in [2.24, 2.45) is 23.7 Å². The number of para-hydroxylation sites is 2. The van der Waals surface area contributed by atoms with Gasteiger partial charge in [0.05, 0.1) is 70.9 Å². The van der Waals surface area contributed by atoms with Crippen molar-refractivity contribution in [3.63, 3.8) is 0 Å². The van der Waals surface area contributed by atoms with Crippen molar-refractivity contribution in [2.45, 2.75) is 185 Å². The highest BCUT2D eigenvalue weighted by molar-refractivity contribution is 7.91. The third-order valence-electron chi connectivity index (χ3n) is 24.2. The summed E-state index contributed by atoms with van der Waals surface area (Å²) < 4.78 is 129. The lowest BCUT2D eigenvalue weighted by atomic mass is 9.97. The zero-order chi connectivity index (χ0) is 102. The van der Waals surface area contributed by atoms with Gasteiger partial charge in [-0.3, -0.25) is 29.1 Å². The molecule has 12 aromatic rings. The Morgan fingerprint density at radius 1 is 0.482 bits per heavy atom. The summed E-state index contributed by atoms with van der Waals surface area (Å²) in [7, 11) is -15.5. The number of aromatic nitrogens is 10. The molecule has 7 N–H and O–H groups in total. The van der Waals surface area contributed by atoms with E-state index < -0.39 is 74.2 Å². The molecule has 4 atom stereocenters. The number of anilines is 6. The second-order valence-electron chi connectivity index (χ2n) is 38.1. The van der Waals surface area contributed by atoms with E-state index in [-0.39, 0.29) is 77.1 Å². The quantitative estimate of drug-likeness (QED) is 0.0265. The monoisotopic (exact) mass is 1990 g/mol. The minimum Gasteiger partial charge on any atom is -0.496 e. The number of carbonyl (C=O) groups excluding carboxylic acids is 4. The van der Waals surface area contributed by atoms with Crippen molar-refractivity contribution in [3.05, 3.63) is 262 Å². The first kappa shape index (κ1) is 104. The summed E-state index contributed by atoms with van der Waals surface area (Å²) in [5.41, 5.74) is 4.30. The van der Waals surface area contributed by atoms with Crippen LogP contribution in [-0.2, 0) is 40.1 Å². The molecule has 9 aromatic heterocycles. The molecule has 16 rings (SSSR count). The molecule has 0 radical (unpaired) electrons. The van der Waals surface area contributed by atoms with E-state index in [4.69, 9.17) is 29.4 Å². The van der Waals surface area contributed by atoms with Crippen molar-refractivity contribution in [3.8, 4) is 52.0 Å². The van der Waals surface area contributed by atoms with Crippen LogP contribution in [0.3, 0.4) is 0 Å². The molecule has 4 fully saturated rings. The van der Waals surface area contributed by atoms with Crippen LogP contribution in [-0.4, -0.2) is 169 Å². The van der Waals surface area contributed by atoms with E-state index >= 15 is 0 Å². The molecule has 141 heavy (non-hydrogen) atoms. The zero-order valence-corrected chi connectivity index (χ0v) is 84.7. The van der Waals surface area contributed by atoms with E-state index in [1.54, 1.807) is 104 Å². The molecule has 36 nitrogen and oxygen atoms in total. The predicted molar refractivity (Wildman–Crippen MR) is 537 cm³/mol. The van der Waals surface area contributed by atoms with Gasteiger partial charge in [-0.2, -0.15) is 40.6 Å². The van der Waals surface area contributed by atoms with Crippen molar-refractivity contribution >= 4 is 98.5 Å². The summed E-state index contributed by atoms with van der Waals surface area (Å²) >= 11 is 0. The maximum absolute atomic E-state index is 13.3. The minimum atomic E-state index is -4.40. The SMILES string of the molecule is CC1CN(c2ncccc2C(=O)NS(=O)(=O)c2cccc(Nc3cccc(C#N)c3)n2)C(C)(C)C1.CC1CN(c2ncccc2C(=O)NS(=O)(=O)c2cccc(Oc3ccccc3C(C)C)n2)C(C)(C)C1.CCOc1cc(C)cc(-c2ccc(C(=O)NS(=O)(=O)c3ccn[nH]3)c(N3C[C@@H](C)CC3(C)C)n2)n1.COc1ccccc1-c1ccc(C(=O)NS(=O)(=O)c2ccc[nH]c2=O)c(N2C[C@@H](C)CC2(C)C)n1. The Hall–Kier alpha value is -14.6.